The maximum Gasteiger partial charge on any atom is 0.250 e. The number of amides is 3. The molecule has 3 amide bonds. The summed E-state index contributed by atoms with van der Waals surface area (Å²) in [6, 6.07) is 4.91. The van der Waals surface area contributed by atoms with E-state index < -0.39 is 35.4 Å². The molecule has 1 spiro atoms. The minimum atomic E-state index is -1.36. The predicted molar refractivity (Wildman–Crippen MR) is 100 cm³/mol. The van der Waals surface area contributed by atoms with E-state index in [4.69, 9.17) is 4.74 Å². The molecule has 8 nitrogen and oxygen atoms in total. The van der Waals surface area contributed by atoms with Crippen LogP contribution in [0.4, 0.5) is 5.69 Å². The molecule has 3 aliphatic heterocycles. The highest BCUT2D eigenvalue weighted by Crippen LogP contribution is 2.53. The number of likely N-dealkylation sites (tertiary alicyclic amines) is 1. The molecule has 0 saturated carbocycles. The minimum absolute atomic E-state index is 0.132. The van der Waals surface area contributed by atoms with Gasteiger partial charge in [-0.3, -0.25) is 24.6 Å². The fourth-order valence-corrected chi connectivity index (χ4v) is 4.99. The lowest BCUT2D eigenvalue weighted by Crippen LogP contribution is -2.55. The SMILES string of the molecule is CCc1cccc2c1NC(=O)[C@]21N[C@@H]([C@@H](C)O)[C@H]2C(=O)N(CCOC)C(=O)[C@H]21. The quantitative estimate of drug-likeness (QED) is 0.614. The molecule has 3 heterocycles. The van der Waals surface area contributed by atoms with Gasteiger partial charge in [0.05, 0.1) is 31.1 Å². The number of nitrogens with zero attached hydrogens (tertiary/aromatic N) is 1. The number of hydrogen-bond donors (Lipinski definition) is 3. The Morgan fingerprint density at radius 3 is 2.68 bits per heavy atom. The van der Waals surface area contributed by atoms with Crippen molar-refractivity contribution < 1.29 is 24.2 Å². The molecule has 0 aromatic heterocycles. The number of ether oxygens (including phenoxy) is 1. The van der Waals surface area contributed by atoms with Crippen molar-refractivity contribution in [3.05, 3.63) is 29.3 Å². The fourth-order valence-electron chi connectivity index (χ4n) is 4.99. The first kappa shape index (κ1) is 19.0. The normalized spacial score (nSPS) is 32.1. The van der Waals surface area contributed by atoms with Crippen LogP contribution >= 0.6 is 0 Å². The number of anilines is 1. The van der Waals surface area contributed by atoms with Gasteiger partial charge in [-0.05, 0) is 18.9 Å². The molecule has 1 aromatic carbocycles. The van der Waals surface area contributed by atoms with Crippen LogP contribution in [0.5, 0.6) is 0 Å². The summed E-state index contributed by atoms with van der Waals surface area (Å²) >= 11 is 0. The Bertz CT molecular complexity index is 854. The third-order valence-corrected chi connectivity index (χ3v) is 6.28. The van der Waals surface area contributed by atoms with E-state index in [2.05, 4.69) is 10.6 Å². The number of methoxy groups -OCH3 is 1. The topological polar surface area (TPSA) is 108 Å². The molecule has 2 saturated heterocycles. The summed E-state index contributed by atoms with van der Waals surface area (Å²) in [5, 5.41) is 16.5. The van der Waals surface area contributed by atoms with Crippen molar-refractivity contribution in [2.24, 2.45) is 11.8 Å². The number of fused-ring (bicyclic) bond motifs is 4. The Morgan fingerprint density at radius 2 is 2.04 bits per heavy atom. The van der Waals surface area contributed by atoms with Gasteiger partial charge < -0.3 is 15.2 Å². The lowest BCUT2D eigenvalue weighted by atomic mass is 9.76. The van der Waals surface area contributed by atoms with Gasteiger partial charge >= 0.3 is 0 Å². The smallest absolute Gasteiger partial charge is 0.250 e. The van der Waals surface area contributed by atoms with Gasteiger partial charge in [-0.2, -0.15) is 0 Å². The molecule has 0 bridgehead atoms. The molecule has 1 aromatic rings. The minimum Gasteiger partial charge on any atom is -0.392 e. The molecule has 4 rings (SSSR count). The zero-order chi connectivity index (χ0) is 20.2. The van der Waals surface area contributed by atoms with Crippen molar-refractivity contribution in [1.82, 2.24) is 10.2 Å². The summed E-state index contributed by atoms with van der Waals surface area (Å²) in [4.78, 5) is 40.8. The van der Waals surface area contributed by atoms with Gasteiger partial charge in [-0.1, -0.05) is 25.1 Å². The molecule has 0 radical (unpaired) electrons. The maximum absolute atomic E-state index is 13.3. The second-order valence-corrected chi connectivity index (χ2v) is 7.69. The van der Waals surface area contributed by atoms with E-state index in [1.165, 1.54) is 12.0 Å². The second-order valence-electron chi connectivity index (χ2n) is 7.69. The van der Waals surface area contributed by atoms with E-state index in [0.29, 0.717) is 11.3 Å². The van der Waals surface area contributed by atoms with E-state index in [1.54, 1.807) is 6.92 Å². The van der Waals surface area contributed by atoms with E-state index in [0.717, 1.165) is 12.0 Å². The largest absolute Gasteiger partial charge is 0.392 e. The summed E-state index contributed by atoms with van der Waals surface area (Å²) in [5.74, 6) is -2.81. The Labute approximate surface area is 163 Å². The molecular formula is C20H25N3O5. The van der Waals surface area contributed by atoms with Crippen molar-refractivity contribution >= 4 is 23.4 Å². The van der Waals surface area contributed by atoms with Crippen LogP contribution in [0.2, 0.25) is 0 Å². The first-order chi connectivity index (χ1) is 13.4. The van der Waals surface area contributed by atoms with Crippen LogP contribution < -0.4 is 10.6 Å². The Kier molecular flexibility index (Phi) is 4.52. The van der Waals surface area contributed by atoms with Crippen LogP contribution in [0.1, 0.15) is 25.0 Å². The van der Waals surface area contributed by atoms with Gasteiger partial charge in [0.1, 0.15) is 5.54 Å². The number of carbonyl (C=O) groups is 3. The third kappa shape index (κ3) is 2.31. The van der Waals surface area contributed by atoms with Crippen LogP contribution in [0.25, 0.3) is 0 Å². The van der Waals surface area contributed by atoms with Gasteiger partial charge in [0.15, 0.2) is 0 Å². The number of imide groups is 1. The van der Waals surface area contributed by atoms with Crippen LogP contribution in [0.3, 0.4) is 0 Å². The number of benzene rings is 1. The summed E-state index contributed by atoms with van der Waals surface area (Å²) in [6.45, 7) is 3.92. The van der Waals surface area contributed by atoms with Gasteiger partial charge in [-0.15, -0.1) is 0 Å². The number of para-hydroxylation sites is 1. The van der Waals surface area contributed by atoms with Crippen LogP contribution in [-0.2, 0) is 31.1 Å². The molecule has 3 N–H and O–H groups in total. The maximum atomic E-state index is 13.3. The number of nitrogens with one attached hydrogen (secondary N) is 2. The lowest BCUT2D eigenvalue weighted by molar-refractivity contribution is -0.143. The summed E-state index contributed by atoms with van der Waals surface area (Å²) < 4.78 is 5.03. The molecule has 28 heavy (non-hydrogen) atoms. The Hall–Kier alpha value is -2.29. The highest BCUT2D eigenvalue weighted by atomic mass is 16.5. The average molecular weight is 387 g/mol. The van der Waals surface area contributed by atoms with Crippen molar-refractivity contribution in [3.63, 3.8) is 0 Å². The summed E-state index contributed by atoms with van der Waals surface area (Å²) in [6.07, 6.45) is -0.183. The van der Waals surface area contributed by atoms with E-state index in [1.807, 2.05) is 25.1 Å². The van der Waals surface area contributed by atoms with E-state index in [9.17, 15) is 19.5 Å². The molecule has 150 valence electrons. The van der Waals surface area contributed by atoms with Crippen molar-refractivity contribution in [2.45, 2.75) is 38.0 Å². The fraction of sp³-hybridized carbons (Fsp3) is 0.550. The number of rotatable bonds is 5. The number of hydrogen-bond acceptors (Lipinski definition) is 6. The summed E-state index contributed by atoms with van der Waals surface area (Å²) in [7, 11) is 1.50. The highest BCUT2D eigenvalue weighted by Gasteiger charge is 2.71. The van der Waals surface area contributed by atoms with Crippen molar-refractivity contribution in [2.75, 3.05) is 25.6 Å². The van der Waals surface area contributed by atoms with Crippen LogP contribution in [0.15, 0.2) is 18.2 Å². The van der Waals surface area contributed by atoms with Gasteiger partial charge in [-0.25, -0.2) is 0 Å². The van der Waals surface area contributed by atoms with E-state index >= 15 is 0 Å². The number of aryl methyl sites for hydroxylation is 1. The van der Waals surface area contributed by atoms with Gasteiger partial charge in [0.2, 0.25) is 17.7 Å². The first-order valence-electron chi connectivity index (χ1n) is 9.62. The molecule has 8 heteroatoms. The molecule has 5 atom stereocenters. The highest BCUT2D eigenvalue weighted by molar-refractivity contribution is 6.15. The second kappa shape index (κ2) is 6.65. The first-order valence-corrected chi connectivity index (χ1v) is 9.62. The zero-order valence-corrected chi connectivity index (χ0v) is 16.2. The van der Waals surface area contributed by atoms with E-state index in [-0.39, 0.29) is 25.0 Å². The third-order valence-electron chi connectivity index (χ3n) is 6.28. The van der Waals surface area contributed by atoms with Crippen LogP contribution in [-0.4, -0.2) is 60.1 Å². The molecule has 0 unspecified atom stereocenters. The van der Waals surface area contributed by atoms with Gasteiger partial charge in [0.25, 0.3) is 0 Å². The Morgan fingerprint density at radius 1 is 1.29 bits per heavy atom. The van der Waals surface area contributed by atoms with Crippen LogP contribution in [0, 0.1) is 11.8 Å². The molecule has 0 aliphatic carbocycles. The van der Waals surface area contributed by atoms with Crippen molar-refractivity contribution in [3.8, 4) is 0 Å². The molecular weight excluding hydrogens is 362 g/mol. The molecule has 3 aliphatic rings. The number of carbonyl (C=O) groups excluding carboxylic acids is 3. The number of aliphatic hydroxyl groups is 1. The molecule has 2 fully saturated rings. The monoisotopic (exact) mass is 387 g/mol. The standard InChI is InChI=1S/C20H25N3O5/c1-4-11-6-5-7-12-16(11)21-19(27)20(12)14-13(15(22-20)10(2)24)17(25)23(18(14)26)8-9-28-3/h5-7,10,13-15,22,24H,4,8-9H2,1-3H3,(H,21,27)/t10-,13+,14+,15+,20+/m1/s1. The Balaban J connectivity index is 1.87. The lowest BCUT2D eigenvalue weighted by Gasteiger charge is -2.30. The van der Waals surface area contributed by atoms with Gasteiger partial charge in [0, 0.05) is 24.4 Å². The summed E-state index contributed by atoms with van der Waals surface area (Å²) in [5.41, 5.74) is 0.976. The van der Waals surface area contributed by atoms with Crippen molar-refractivity contribution in [1.29, 1.82) is 0 Å². The average Bonchev–Trinajstić information content (AvgIpc) is 3.26. The zero-order valence-electron chi connectivity index (χ0n) is 16.2. The number of aliphatic hydroxyl groups excluding tert-OH is 1. The predicted octanol–water partition coefficient (Wildman–Crippen LogP) is -0.00340.